The molecule has 40 heavy (non-hydrogen) atoms. The summed E-state index contributed by atoms with van der Waals surface area (Å²) in [7, 11) is 1.89. The predicted molar refractivity (Wildman–Crippen MR) is 154 cm³/mol. The third-order valence-corrected chi connectivity index (χ3v) is 5.33. The first-order valence-corrected chi connectivity index (χ1v) is 12.9. The second-order valence-corrected chi connectivity index (χ2v) is 10.2. The monoisotopic (exact) mass is 564 g/mol. The minimum Gasteiger partial charge on any atom is -0.494 e. The SMILES string of the molecule is BC(C)(COCC(COC(=O)C=C)COC(=O)C=C)OCCC(C)(C)OCC(COC(=C)C=C)COC(=O)C=C. The Bertz CT molecular complexity index is 817. The van der Waals surface area contributed by atoms with Crippen molar-refractivity contribution in [3.63, 3.8) is 0 Å². The van der Waals surface area contributed by atoms with Gasteiger partial charge in [-0.25, -0.2) is 14.4 Å². The second kappa shape index (κ2) is 19.8. The lowest BCUT2D eigenvalue weighted by Crippen LogP contribution is -2.39. The van der Waals surface area contributed by atoms with Crippen molar-refractivity contribution in [1.82, 2.24) is 0 Å². The van der Waals surface area contributed by atoms with Crippen LogP contribution in [0, 0.1) is 11.8 Å². The Balaban J connectivity index is 4.71. The van der Waals surface area contributed by atoms with E-state index in [1.54, 1.807) is 0 Å². The van der Waals surface area contributed by atoms with Crippen molar-refractivity contribution in [1.29, 1.82) is 0 Å². The first-order chi connectivity index (χ1) is 18.8. The lowest BCUT2D eigenvalue weighted by Gasteiger charge is -2.31. The van der Waals surface area contributed by atoms with Crippen LogP contribution in [-0.2, 0) is 47.5 Å². The van der Waals surface area contributed by atoms with Gasteiger partial charge >= 0.3 is 17.9 Å². The Morgan fingerprint density at radius 2 is 1.15 bits per heavy atom. The molecule has 0 amide bonds. The molecular weight excluding hydrogens is 519 g/mol. The van der Waals surface area contributed by atoms with E-state index in [0.717, 1.165) is 18.2 Å². The molecule has 224 valence electrons. The van der Waals surface area contributed by atoms with Crippen molar-refractivity contribution >= 4 is 25.8 Å². The summed E-state index contributed by atoms with van der Waals surface area (Å²) in [5.74, 6) is -1.86. The molecule has 0 aliphatic carbocycles. The highest BCUT2D eigenvalue weighted by Crippen LogP contribution is 2.19. The molecule has 2 atom stereocenters. The molecule has 2 unspecified atom stereocenters. The van der Waals surface area contributed by atoms with Crippen LogP contribution in [0.4, 0.5) is 0 Å². The Morgan fingerprint density at radius 3 is 1.60 bits per heavy atom. The third-order valence-electron chi connectivity index (χ3n) is 5.33. The fourth-order valence-corrected chi connectivity index (χ4v) is 2.85. The van der Waals surface area contributed by atoms with Crippen LogP contribution in [0.5, 0.6) is 0 Å². The van der Waals surface area contributed by atoms with E-state index in [4.69, 9.17) is 33.2 Å². The van der Waals surface area contributed by atoms with E-state index >= 15 is 0 Å². The minimum absolute atomic E-state index is 0.00259. The molecule has 0 fully saturated rings. The molecule has 0 aromatic heterocycles. The molecule has 0 aromatic rings. The van der Waals surface area contributed by atoms with Gasteiger partial charge in [-0.1, -0.05) is 32.9 Å². The van der Waals surface area contributed by atoms with Gasteiger partial charge in [0.15, 0.2) is 0 Å². The first-order valence-electron chi connectivity index (χ1n) is 12.9. The molecule has 0 radical (unpaired) electrons. The first kappa shape index (κ1) is 36.9. The van der Waals surface area contributed by atoms with Gasteiger partial charge in [-0.15, -0.1) is 0 Å². The van der Waals surface area contributed by atoms with Gasteiger partial charge in [-0.05, 0) is 33.3 Å². The Labute approximate surface area is 239 Å². The maximum absolute atomic E-state index is 11.5. The molecular formula is C29H45BO10. The van der Waals surface area contributed by atoms with Crippen molar-refractivity contribution in [2.45, 2.75) is 38.3 Å². The number of hydrogen-bond acceptors (Lipinski definition) is 10. The number of allylic oxidation sites excluding steroid dienone is 1. The van der Waals surface area contributed by atoms with Gasteiger partial charge in [0.1, 0.15) is 13.6 Å². The summed E-state index contributed by atoms with van der Waals surface area (Å²) in [6.07, 6.45) is 5.29. The standard InChI is InChI=1S/C29H45BO10/c1-9-22(5)35-16-24(19-38-27(33)12-4)20-40-28(6,7)13-14-39-29(8,30)21-34-15-23(17-36-25(31)10-2)18-37-26(32)11-3/h9-12,23-24H,1-5,13-21,30H2,6-8H3. The van der Waals surface area contributed by atoms with Crippen LogP contribution in [0.1, 0.15) is 27.2 Å². The van der Waals surface area contributed by atoms with Crippen LogP contribution in [0.15, 0.2) is 63.0 Å². The molecule has 0 aliphatic rings. The molecule has 0 spiro atoms. The van der Waals surface area contributed by atoms with E-state index in [9.17, 15) is 14.4 Å². The summed E-state index contributed by atoms with van der Waals surface area (Å²) in [6.45, 7) is 24.7. The highest BCUT2D eigenvalue weighted by molar-refractivity contribution is 6.14. The average Bonchev–Trinajstić information content (AvgIpc) is 2.92. The molecule has 0 heterocycles. The molecule has 0 N–H and O–H groups in total. The van der Waals surface area contributed by atoms with Crippen molar-refractivity contribution < 1.29 is 47.5 Å². The van der Waals surface area contributed by atoms with E-state index < -0.39 is 29.0 Å². The predicted octanol–water partition coefficient (Wildman–Crippen LogP) is 2.69. The molecule has 0 aromatic carbocycles. The van der Waals surface area contributed by atoms with Gasteiger partial charge in [0.2, 0.25) is 0 Å². The van der Waals surface area contributed by atoms with E-state index in [-0.39, 0.29) is 58.1 Å². The molecule has 0 saturated heterocycles. The van der Waals surface area contributed by atoms with Gasteiger partial charge in [0.25, 0.3) is 0 Å². The summed E-state index contributed by atoms with van der Waals surface area (Å²) in [5, 5.41) is 0. The fourth-order valence-electron chi connectivity index (χ4n) is 2.85. The van der Waals surface area contributed by atoms with Gasteiger partial charge in [0.05, 0.1) is 69.2 Å². The Hall–Kier alpha value is -3.15. The highest BCUT2D eigenvalue weighted by atomic mass is 16.6. The number of carbonyl (C=O) groups is 3. The number of esters is 3. The molecule has 0 rings (SSSR count). The van der Waals surface area contributed by atoms with Gasteiger partial charge in [-0.2, -0.15) is 0 Å². The van der Waals surface area contributed by atoms with Crippen LogP contribution >= 0.6 is 0 Å². The van der Waals surface area contributed by atoms with Crippen LogP contribution in [-0.4, -0.2) is 89.7 Å². The number of rotatable bonds is 24. The van der Waals surface area contributed by atoms with Crippen molar-refractivity contribution in [2.24, 2.45) is 11.8 Å². The zero-order valence-corrected chi connectivity index (χ0v) is 24.4. The summed E-state index contributed by atoms with van der Waals surface area (Å²) < 4.78 is 38.8. The minimum atomic E-state index is -0.628. The Morgan fingerprint density at radius 1 is 0.700 bits per heavy atom. The van der Waals surface area contributed by atoms with E-state index in [1.165, 1.54) is 6.08 Å². The van der Waals surface area contributed by atoms with Gasteiger partial charge in [-0.3, -0.25) is 0 Å². The second-order valence-electron chi connectivity index (χ2n) is 10.2. The number of hydrogen-bond donors (Lipinski definition) is 0. The third kappa shape index (κ3) is 19.0. The highest BCUT2D eigenvalue weighted by Gasteiger charge is 2.25. The summed E-state index contributed by atoms with van der Waals surface area (Å²) in [5.41, 5.74) is -1.17. The fraction of sp³-hybridized carbons (Fsp3) is 0.552. The van der Waals surface area contributed by atoms with Crippen LogP contribution in [0.3, 0.4) is 0 Å². The zero-order valence-electron chi connectivity index (χ0n) is 24.4. The summed E-state index contributed by atoms with van der Waals surface area (Å²) in [4.78, 5) is 34.3. The Kier molecular flexibility index (Phi) is 18.3. The smallest absolute Gasteiger partial charge is 0.330 e. The van der Waals surface area contributed by atoms with Crippen LogP contribution < -0.4 is 0 Å². The topological polar surface area (TPSA) is 116 Å². The van der Waals surface area contributed by atoms with E-state index in [2.05, 4.69) is 32.9 Å². The number of carbonyl (C=O) groups excluding carboxylic acids is 3. The quantitative estimate of drug-likeness (QED) is 0.0433. The van der Waals surface area contributed by atoms with Crippen LogP contribution in [0.2, 0.25) is 0 Å². The summed E-state index contributed by atoms with van der Waals surface area (Å²) >= 11 is 0. The summed E-state index contributed by atoms with van der Waals surface area (Å²) in [6, 6.07) is 0. The average molecular weight is 564 g/mol. The maximum Gasteiger partial charge on any atom is 0.330 e. The van der Waals surface area contributed by atoms with Gasteiger partial charge in [0, 0.05) is 24.8 Å². The maximum atomic E-state index is 11.5. The van der Waals surface area contributed by atoms with E-state index in [0.29, 0.717) is 18.8 Å². The molecule has 10 nitrogen and oxygen atoms in total. The van der Waals surface area contributed by atoms with Crippen molar-refractivity contribution in [2.75, 3.05) is 52.9 Å². The van der Waals surface area contributed by atoms with Crippen molar-refractivity contribution in [3.8, 4) is 0 Å². The van der Waals surface area contributed by atoms with E-state index in [1.807, 2.05) is 28.6 Å². The largest absolute Gasteiger partial charge is 0.494 e. The lowest BCUT2D eigenvalue weighted by atomic mass is 9.84. The normalized spacial score (nSPS) is 13.3. The molecule has 0 bridgehead atoms. The lowest BCUT2D eigenvalue weighted by molar-refractivity contribution is -0.146. The van der Waals surface area contributed by atoms with Crippen molar-refractivity contribution in [3.05, 3.63) is 63.0 Å². The molecule has 0 saturated carbocycles. The van der Waals surface area contributed by atoms with Crippen LogP contribution in [0.25, 0.3) is 0 Å². The number of ether oxygens (including phenoxy) is 7. The zero-order chi connectivity index (χ0) is 30.6. The molecule has 11 heteroatoms. The van der Waals surface area contributed by atoms with Gasteiger partial charge < -0.3 is 33.2 Å². The molecule has 0 aliphatic heterocycles.